The van der Waals surface area contributed by atoms with Crippen LogP contribution in [0.4, 0.5) is 0 Å². The molecule has 1 atom stereocenters. The van der Waals surface area contributed by atoms with E-state index in [0.29, 0.717) is 5.92 Å². The lowest BCUT2D eigenvalue weighted by Crippen LogP contribution is -2.41. The van der Waals surface area contributed by atoms with Crippen molar-refractivity contribution in [2.75, 3.05) is 26.2 Å². The molecule has 3 N–H and O–H groups in total. The first kappa shape index (κ1) is 8.48. The third-order valence-corrected chi connectivity index (χ3v) is 3.13. The molecule has 0 amide bonds. The fourth-order valence-corrected chi connectivity index (χ4v) is 2.32. The molecule has 12 heavy (non-hydrogen) atoms. The summed E-state index contributed by atoms with van der Waals surface area (Å²) in [6.45, 7) is 3.89. The Kier molecular flexibility index (Phi) is 2.35. The molecular formula is C9H18N2O. The molecule has 70 valence electrons. The lowest BCUT2D eigenvalue weighted by Gasteiger charge is -2.32. The van der Waals surface area contributed by atoms with E-state index in [1.54, 1.807) is 0 Å². The summed E-state index contributed by atoms with van der Waals surface area (Å²) in [5.74, 6) is 0.614. The van der Waals surface area contributed by atoms with Crippen molar-refractivity contribution in [3.8, 4) is 0 Å². The predicted molar refractivity (Wildman–Crippen MR) is 47.9 cm³/mol. The summed E-state index contributed by atoms with van der Waals surface area (Å²) >= 11 is 0. The third-order valence-electron chi connectivity index (χ3n) is 3.13. The van der Waals surface area contributed by atoms with E-state index in [0.717, 1.165) is 26.2 Å². The number of rotatable bonds is 1. The number of nitrogens with one attached hydrogen (secondary N) is 1. The van der Waals surface area contributed by atoms with Gasteiger partial charge in [-0.15, -0.1) is 0 Å². The minimum atomic E-state index is 0.204. The van der Waals surface area contributed by atoms with Crippen molar-refractivity contribution >= 4 is 0 Å². The minimum absolute atomic E-state index is 0.204. The van der Waals surface area contributed by atoms with Gasteiger partial charge >= 0.3 is 0 Å². The highest BCUT2D eigenvalue weighted by Gasteiger charge is 2.40. The van der Waals surface area contributed by atoms with Gasteiger partial charge in [0.15, 0.2) is 0 Å². The topological polar surface area (TPSA) is 47.3 Å². The van der Waals surface area contributed by atoms with E-state index in [-0.39, 0.29) is 5.60 Å². The molecule has 0 saturated carbocycles. The van der Waals surface area contributed by atoms with E-state index in [1.807, 2.05) is 0 Å². The van der Waals surface area contributed by atoms with Crippen LogP contribution in [0.15, 0.2) is 0 Å². The summed E-state index contributed by atoms with van der Waals surface area (Å²) in [6, 6.07) is 0. The van der Waals surface area contributed by atoms with E-state index in [1.165, 1.54) is 19.3 Å². The van der Waals surface area contributed by atoms with Crippen molar-refractivity contribution < 1.29 is 4.74 Å². The molecule has 2 saturated heterocycles. The van der Waals surface area contributed by atoms with Crippen molar-refractivity contribution in [3.05, 3.63) is 0 Å². The average molecular weight is 170 g/mol. The van der Waals surface area contributed by atoms with Gasteiger partial charge < -0.3 is 15.8 Å². The van der Waals surface area contributed by atoms with Crippen LogP contribution >= 0.6 is 0 Å². The van der Waals surface area contributed by atoms with Crippen molar-refractivity contribution in [2.45, 2.75) is 24.9 Å². The summed E-state index contributed by atoms with van der Waals surface area (Å²) in [5.41, 5.74) is 5.83. The Balaban J connectivity index is 1.94. The molecule has 0 aromatic rings. The Labute approximate surface area is 73.7 Å². The highest BCUT2D eigenvalue weighted by molar-refractivity contribution is 4.92. The fraction of sp³-hybridized carbons (Fsp3) is 1.00. The molecular weight excluding hydrogens is 152 g/mol. The van der Waals surface area contributed by atoms with Crippen LogP contribution in [0.5, 0.6) is 0 Å². The van der Waals surface area contributed by atoms with Gasteiger partial charge in [-0.1, -0.05) is 0 Å². The van der Waals surface area contributed by atoms with Crippen LogP contribution in [-0.2, 0) is 4.74 Å². The molecule has 1 spiro atoms. The summed E-state index contributed by atoms with van der Waals surface area (Å²) < 4.78 is 5.86. The Morgan fingerprint density at radius 3 is 2.75 bits per heavy atom. The second-order valence-corrected chi connectivity index (χ2v) is 4.05. The van der Waals surface area contributed by atoms with Gasteiger partial charge in [-0.2, -0.15) is 0 Å². The Hall–Kier alpha value is -0.120. The molecule has 0 aromatic carbocycles. The number of hydrogen-bond acceptors (Lipinski definition) is 3. The van der Waals surface area contributed by atoms with E-state index >= 15 is 0 Å². The monoisotopic (exact) mass is 170 g/mol. The first-order valence-corrected chi connectivity index (χ1v) is 4.89. The van der Waals surface area contributed by atoms with E-state index in [4.69, 9.17) is 10.5 Å². The number of ether oxygens (including phenoxy) is 1. The second-order valence-electron chi connectivity index (χ2n) is 4.05. The maximum absolute atomic E-state index is 5.86. The van der Waals surface area contributed by atoms with Gasteiger partial charge in [-0.25, -0.2) is 0 Å². The van der Waals surface area contributed by atoms with Gasteiger partial charge in [0.05, 0.1) is 12.2 Å². The van der Waals surface area contributed by atoms with Crippen LogP contribution in [0.2, 0.25) is 0 Å². The van der Waals surface area contributed by atoms with Crippen LogP contribution < -0.4 is 11.1 Å². The first-order chi connectivity index (χ1) is 5.85. The molecule has 0 bridgehead atoms. The van der Waals surface area contributed by atoms with Crippen molar-refractivity contribution in [3.63, 3.8) is 0 Å². The molecule has 2 aliphatic rings. The van der Waals surface area contributed by atoms with Crippen LogP contribution in [0, 0.1) is 5.92 Å². The largest absolute Gasteiger partial charge is 0.375 e. The van der Waals surface area contributed by atoms with Gasteiger partial charge in [0, 0.05) is 0 Å². The Bertz CT molecular complexity index is 155. The Morgan fingerprint density at radius 2 is 2.17 bits per heavy atom. The summed E-state index contributed by atoms with van der Waals surface area (Å²) in [4.78, 5) is 0. The SMILES string of the molecule is NCC1COC2(CCNCC2)C1. The number of hydrogen-bond donors (Lipinski definition) is 2. The first-order valence-electron chi connectivity index (χ1n) is 4.89. The van der Waals surface area contributed by atoms with Gasteiger partial charge in [0.2, 0.25) is 0 Å². The molecule has 3 nitrogen and oxygen atoms in total. The Morgan fingerprint density at radius 1 is 1.42 bits per heavy atom. The molecule has 1 unspecified atom stereocenters. The maximum Gasteiger partial charge on any atom is 0.0710 e. The molecule has 0 aliphatic carbocycles. The summed E-state index contributed by atoms with van der Waals surface area (Å²) in [6.07, 6.45) is 3.53. The van der Waals surface area contributed by atoms with Crippen molar-refractivity contribution in [1.82, 2.24) is 5.32 Å². The van der Waals surface area contributed by atoms with Gasteiger partial charge in [-0.3, -0.25) is 0 Å². The normalized spacial score (nSPS) is 34.2. The molecule has 0 radical (unpaired) electrons. The van der Waals surface area contributed by atoms with Crippen LogP contribution in [0.3, 0.4) is 0 Å². The maximum atomic E-state index is 5.86. The van der Waals surface area contributed by atoms with E-state index in [9.17, 15) is 0 Å². The minimum Gasteiger partial charge on any atom is -0.375 e. The van der Waals surface area contributed by atoms with E-state index in [2.05, 4.69) is 5.32 Å². The summed E-state index contributed by atoms with van der Waals surface area (Å²) in [7, 11) is 0. The number of nitrogens with two attached hydrogens (primary N) is 1. The zero-order chi connectivity index (χ0) is 8.44. The summed E-state index contributed by atoms with van der Waals surface area (Å²) in [5, 5.41) is 3.36. The second kappa shape index (κ2) is 3.32. The molecule has 2 aliphatic heterocycles. The van der Waals surface area contributed by atoms with Crippen molar-refractivity contribution in [1.29, 1.82) is 0 Å². The zero-order valence-electron chi connectivity index (χ0n) is 7.51. The van der Waals surface area contributed by atoms with Crippen LogP contribution in [0.25, 0.3) is 0 Å². The molecule has 0 aromatic heterocycles. The molecule has 3 heteroatoms. The van der Waals surface area contributed by atoms with Crippen LogP contribution in [-0.4, -0.2) is 31.8 Å². The molecule has 2 rings (SSSR count). The van der Waals surface area contributed by atoms with Gasteiger partial charge in [0.25, 0.3) is 0 Å². The molecule has 2 heterocycles. The predicted octanol–water partition coefficient (Wildman–Crippen LogP) is 0.104. The zero-order valence-corrected chi connectivity index (χ0v) is 7.51. The lowest BCUT2D eigenvalue weighted by molar-refractivity contribution is -0.0196. The fourth-order valence-electron chi connectivity index (χ4n) is 2.32. The van der Waals surface area contributed by atoms with Gasteiger partial charge in [0.1, 0.15) is 0 Å². The standard InChI is InChI=1S/C9H18N2O/c10-6-8-5-9(12-7-8)1-3-11-4-2-9/h8,11H,1-7,10H2. The van der Waals surface area contributed by atoms with E-state index < -0.39 is 0 Å². The average Bonchev–Trinajstić information content (AvgIpc) is 2.50. The van der Waals surface area contributed by atoms with Crippen LogP contribution in [0.1, 0.15) is 19.3 Å². The van der Waals surface area contributed by atoms with Gasteiger partial charge in [-0.05, 0) is 44.8 Å². The highest BCUT2D eigenvalue weighted by Crippen LogP contribution is 2.36. The van der Waals surface area contributed by atoms with Crippen molar-refractivity contribution in [2.24, 2.45) is 11.7 Å². The molecule has 2 fully saturated rings. The lowest BCUT2D eigenvalue weighted by atomic mass is 9.86. The third kappa shape index (κ3) is 1.49. The highest BCUT2D eigenvalue weighted by atomic mass is 16.5. The smallest absolute Gasteiger partial charge is 0.0710 e. The quantitative estimate of drug-likeness (QED) is 0.587. The number of piperidine rings is 1.